The normalized spacial score (nSPS) is 19.4. The Kier molecular flexibility index (Phi) is 3.50. The van der Waals surface area contributed by atoms with E-state index in [9.17, 15) is 8.78 Å². The molecule has 1 saturated carbocycles. The summed E-state index contributed by atoms with van der Waals surface area (Å²) >= 11 is 0. The van der Waals surface area contributed by atoms with Crippen LogP contribution in [0.2, 0.25) is 0 Å². The molecule has 94 valence electrons. The van der Waals surface area contributed by atoms with Crippen molar-refractivity contribution in [2.24, 2.45) is 11.8 Å². The lowest BCUT2D eigenvalue weighted by Gasteiger charge is -2.35. The van der Waals surface area contributed by atoms with Crippen LogP contribution in [0.1, 0.15) is 37.8 Å². The van der Waals surface area contributed by atoms with Crippen LogP contribution in [-0.4, -0.2) is 5.92 Å². The quantitative estimate of drug-likeness (QED) is 0.726. The number of hydrogen-bond acceptors (Lipinski definition) is 0. The van der Waals surface area contributed by atoms with Crippen molar-refractivity contribution in [1.82, 2.24) is 0 Å². The smallest absolute Gasteiger partial charge is 0.207 e. The zero-order chi connectivity index (χ0) is 12.5. The molecule has 0 bridgehead atoms. The number of rotatable bonds is 4. The van der Waals surface area contributed by atoms with E-state index in [4.69, 9.17) is 0 Å². The predicted molar refractivity (Wildman–Crippen MR) is 66.4 cm³/mol. The molecule has 0 nitrogen and oxygen atoms in total. The van der Waals surface area contributed by atoms with Gasteiger partial charge in [-0.1, -0.05) is 38.1 Å². The highest BCUT2D eigenvalue weighted by atomic mass is 19.3. The third kappa shape index (κ3) is 3.52. The van der Waals surface area contributed by atoms with Crippen molar-refractivity contribution in [3.63, 3.8) is 0 Å². The van der Waals surface area contributed by atoms with Gasteiger partial charge in [0.2, 0.25) is 5.92 Å². The molecule has 0 N–H and O–H groups in total. The summed E-state index contributed by atoms with van der Waals surface area (Å²) in [7, 11) is 0. The molecular weight excluding hydrogens is 218 g/mol. The fraction of sp³-hybridized carbons (Fsp3) is 0.600. The van der Waals surface area contributed by atoms with Gasteiger partial charge in [-0.2, -0.15) is 0 Å². The molecule has 0 atom stereocenters. The second-order valence-electron chi connectivity index (χ2n) is 5.75. The monoisotopic (exact) mass is 238 g/mol. The first-order chi connectivity index (χ1) is 7.94. The summed E-state index contributed by atoms with van der Waals surface area (Å²) < 4.78 is 25.4. The minimum Gasteiger partial charge on any atom is -0.207 e. The maximum absolute atomic E-state index is 12.7. The molecule has 0 spiro atoms. The van der Waals surface area contributed by atoms with Gasteiger partial charge in [-0.15, -0.1) is 0 Å². The van der Waals surface area contributed by atoms with Crippen LogP contribution in [0.3, 0.4) is 0 Å². The third-order valence-electron chi connectivity index (χ3n) is 3.37. The van der Waals surface area contributed by atoms with Gasteiger partial charge in [0.05, 0.1) is 0 Å². The van der Waals surface area contributed by atoms with Gasteiger partial charge in [-0.3, -0.25) is 0 Å². The van der Waals surface area contributed by atoms with Crippen LogP contribution in [0.15, 0.2) is 24.3 Å². The first-order valence-electron chi connectivity index (χ1n) is 6.40. The van der Waals surface area contributed by atoms with Crippen LogP contribution in [0.25, 0.3) is 0 Å². The summed E-state index contributed by atoms with van der Waals surface area (Å²) in [5.74, 6) is -1.55. The SMILES string of the molecule is CC(C)Cc1ccc(CC2CC(F)(F)C2)cc1. The number of halogens is 2. The van der Waals surface area contributed by atoms with Crippen LogP contribution >= 0.6 is 0 Å². The van der Waals surface area contributed by atoms with Gasteiger partial charge in [0.1, 0.15) is 0 Å². The van der Waals surface area contributed by atoms with Gasteiger partial charge in [0, 0.05) is 12.8 Å². The largest absolute Gasteiger partial charge is 0.248 e. The standard InChI is InChI=1S/C15H20F2/c1-11(2)7-12-3-5-13(6-4-12)8-14-9-15(16,17)10-14/h3-6,11,14H,7-10H2,1-2H3. The lowest BCUT2D eigenvalue weighted by molar-refractivity contribution is -0.109. The highest BCUT2D eigenvalue weighted by Crippen LogP contribution is 2.43. The zero-order valence-electron chi connectivity index (χ0n) is 10.5. The number of hydrogen-bond donors (Lipinski definition) is 0. The molecule has 0 aromatic heterocycles. The van der Waals surface area contributed by atoms with E-state index in [0.717, 1.165) is 12.8 Å². The maximum Gasteiger partial charge on any atom is 0.248 e. The number of alkyl halides is 2. The van der Waals surface area contributed by atoms with Crippen LogP contribution in [0.5, 0.6) is 0 Å². The maximum atomic E-state index is 12.7. The molecule has 2 heteroatoms. The molecule has 2 rings (SSSR count). The van der Waals surface area contributed by atoms with E-state index in [2.05, 4.69) is 38.1 Å². The van der Waals surface area contributed by atoms with E-state index < -0.39 is 5.92 Å². The summed E-state index contributed by atoms with van der Waals surface area (Å²) in [6, 6.07) is 8.45. The van der Waals surface area contributed by atoms with E-state index in [-0.39, 0.29) is 18.8 Å². The lowest BCUT2D eigenvalue weighted by atomic mass is 9.77. The highest BCUT2D eigenvalue weighted by molar-refractivity contribution is 5.23. The van der Waals surface area contributed by atoms with Gasteiger partial charge in [-0.05, 0) is 35.8 Å². The van der Waals surface area contributed by atoms with Gasteiger partial charge < -0.3 is 0 Å². The highest BCUT2D eigenvalue weighted by Gasteiger charge is 2.44. The molecule has 0 heterocycles. The molecule has 1 aromatic carbocycles. The fourth-order valence-electron chi connectivity index (χ4n) is 2.55. The zero-order valence-corrected chi connectivity index (χ0v) is 10.5. The molecular formula is C15H20F2. The Morgan fingerprint density at radius 2 is 1.65 bits per heavy atom. The van der Waals surface area contributed by atoms with Crippen LogP contribution in [0, 0.1) is 11.8 Å². The Hall–Kier alpha value is -0.920. The van der Waals surface area contributed by atoms with E-state index in [0.29, 0.717) is 5.92 Å². The summed E-state index contributed by atoms with van der Waals surface area (Å²) in [6.07, 6.45) is 2.03. The molecule has 1 aromatic rings. The molecule has 0 aliphatic heterocycles. The van der Waals surface area contributed by atoms with E-state index in [1.807, 2.05) is 0 Å². The first kappa shape index (κ1) is 12.5. The van der Waals surface area contributed by atoms with E-state index >= 15 is 0 Å². The summed E-state index contributed by atoms with van der Waals surface area (Å²) in [5.41, 5.74) is 2.53. The van der Waals surface area contributed by atoms with Crippen molar-refractivity contribution < 1.29 is 8.78 Å². The molecule has 0 saturated heterocycles. The van der Waals surface area contributed by atoms with Crippen molar-refractivity contribution in [3.05, 3.63) is 35.4 Å². The average Bonchev–Trinajstić information content (AvgIpc) is 2.17. The van der Waals surface area contributed by atoms with Crippen molar-refractivity contribution in [2.75, 3.05) is 0 Å². The van der Waals surface area contributed by atoms with Gasteiger partial charge in [-0.25, -0.2) is 8.78 Å². The van der Waals surface area contributed by atoms with Crippen LogP contribution < -0.4 is 0 Å². The summed E-state index contributed by atoms with van der Waals surface area (Å²) in [5, 5.41) is 0. The van der Waals surface area contributed by atoms with Crippen molar-refractivity contribution in [1.29, 1.82) is 0 Å². The van der Waals surface area contributed by atoms with Gasteiger partial charge in [0.25, 0.3) is 0 Å². The van der Waals surface area contributed by atoms with Gasteiger partial charge in [0.15, 0.2) is 0 Å². The summed E-state index contributed by atoms with van der Waals surface area (Å²) in [4.78, 5) is 0. The molecule has 0 radical (unpaired) electrons. The Bertz CT molecular complexity index is 357. The van der Waals surface area contributed by atoms with Crippen molar-refractivity contribution in [2.45, 2.75) is 45.5 Å². The van der Waals surface area contributed by atoms with E-state index in [1.165, 1.54) is 11.1 Å². The van der Waals surface area contributed by atoms with Crippen molar-refractivity contribution >= 4 is 0 Å². The molecule has 0 unspecified atom stereocenters. The Morgan fingerprint density at radius 3 is 2.12 bits per heavy atom. The topological polar surface area (TPSA) is 0 Å². The molecule has 1 aliphatic carbocycles. The van der Waals surface area contributed by atoms with Crippen LogP contribution in [-0.2, 0) is 12.8 Å². The van der Waals surface area contributed by atoms with Crippen LogP contribution in [0.4, 0.5) is 8.78 Å². The minimum atomic E-state index is -2.39. The fourth-order valence-corrected chi connectivity index (χ4v) is 2.55. The molecule has 1 aliphatic rings. The molecule has 17 heavy (non-hydrogen) atoms. The Labute approximate surface area is 102 Å². The predicted octanol–water partition coefficient (Wildman–Crippen LogP) is 4.47. The second-order valence-corrected chi connectivity index (χ2v) is 5.75. The molecule has 1 fully saturated rings. The van der Waals surface area contributed by atoms with Gasteiger partial charge >= 0.3 is 0 Å². The van der Waals surface area contributed by atoms with Crippen molar-refractivity contribution in [3.8, 4) is 0 Å². The number of benzene rings is 1. The minimum absolute atomic E-state index is 0.0702. The third-order valence-corrected chi connectivity index (χ3v) is 3.37. The Balaban J connectivity index is 1.86. The molecule has 0 amide bonds. The average molecular weight is 238 g/mol. The van der Waals surface area contributed by atoms with E-state index in [1.54, 1.807) is 0 Å². The lowest BCUT2D eigenvalue weighted by Crippen LogP contribution is -2.36. The summed E-state index contributed by atoms with van der Waals surface area (Å²) in [6.45, 7) is 4.40. The Morgan fingerprint density at radius 1 is 1.12 bits per heavy atom. The first-order valence-corrected chi connectivity index (χ1v) is 6.40. The second kappa shape index (κ2) is 4.75.